The van der Waals surface area contributed by atoms with Crippen LogP contribution in [0.15, 0.2) is 54.7 Å². The Labute approximate surface area is 159 Å². The quantitative estimate of drug-likeness (QED) is 0.776. The molecule has 1 aliphatic rings. The lowest BCUT2D eigenvalue weighted by molar-refractivity contribution is 0.0822. The first kappa shape index (κ1) is 17.6. The number of fused-ring (bicyclic) bond motifs is 2. The van der Waals surface area contributed by atoms with Crippen LogP contribution in [0.2, 0.25) is 0 Å². The maximum atomic E-state index is 12.6. The largest absolute Gasteiger partial charge is 0.349 e. The van der Waals surface area contributed by atoms with Gasteiger partial charge in [-0.3, -0.25) is 14.7 Å². The molecule has 0 radical (unpaired) electrons. The summed E-state index contributed by atoms with van der Waals surface area (Å²) >= 11 is 0. The Morgan fingerprint density at radius 2 is 1.78 bits per heavy atom. The summed E-state index contributed by atoms with van der Waals surface area (Å²) in [5.74, 6) is -0.182. The Morgan fingerprint density at radius 3 is 2.59 bits per heavy atom. The van der Waals surface area contributed by atoms with Crippen molar-refractivity contribution in [2.24, 2.45) is 0 Å². The summed E-state index contributed by atoms with van der Waals surface area (Å²) in [6, 6.07) is 16.2. The molecule has 2 aromatic carbocycles. The van der Waals surface area contributed by atoms with Gasteiger partial charge in [0, 0.05) is 25.2 Å². The number of carbonyl (C=O) groups is 1. The summed E-state index contributed by atoms with van der Waals surface area (Å²) in [5, 5.41) is 3.04. The molecule has 0 spiro atoms. The number of hydrogen-bond donors (Lipinski definition) is 1. The van der Waals surface area contributed by atoms with Crippen molar-refractivity contribution in [2.75, 3.05) is 13.1 Å². The molecule has 27 heavy (non-hydrogen) atoms. The molecule has 0 aliphatic carbocycles. The second kappa shape index (κ2) is 7.08. The highest BCUT2D eigenvalue weighted by atomic mass is 16.1. The van der Waals surface area contributed by atoms with Gasteiger partial charge in [0.2, 0.25) is 0 Å². The molecule has 3 aromatic rings. The fraction of sp³-hybridized carbons (Fsp3) is 0.318. The third-order valence-electron chi connectivity index (χ3n) is 5.35. The Balaban J connectivity index is 1.43. The third-order valence-corrected chi connectivity index (χ3v) is 5.35. The number of carbonyl (C=O) groups excluding carboxylic acids is 1. The molecule has 2 heterocycles. The fourth-order valence-electron chi connectivity index (χ4n) is 3.58. The highest BCUT2D eigenvalue weighted by molar-refractivity contribution is 5.93. The average Bonchev–Trinajstić information content (AvgIpc) is 2.71. The predicted octanol–water partition coefficient (Wildman–Crippen LogP) is 3.20. The monoisotopic (exact) mass is 360 g/mol. The van der Waals surface area contributed by atoms with Gasteiger partial charge in [-0.1, -0.05) is 36.4 Å². The number of nitrogens with one attached hydrogen (secondary N) is 1. The Hall–Kier alpha value is -2.79. The molecule has 0 unspecified atom stereocenters. The van der Waals surface area contributed by atoms with Gasteiger partial charge in [0.05, 0.1) is 17.2 Å². The van der Waals surface area contributed by atoms with E-state index in [2.05, 4.69) is 58.3 Å². The second-order valence-electron chi connectivity index (χ2n) is 7.68. The van der Waals surface area contributed by atoms with Crippen molar-refractivity contribution in [3.05, 3.63) is 71.5 Å². The van der Waals surface area contributed by atoms with Crippen molar-refractivity contribution in [3.63, 3.8) is 0 Å². The van der Waals surface area contributed by atoms with Gasteiger partial charge in [-0.25, -0.2) is 4.98 Å². The Bertz CT molecular complexity index is 983. The molecule has 138 valence electrons. The zero-order chi connectivity index (χ0) is 18.9. The van der Waals surface area contributed by atoms with Crippen molar-refractivity contribution in [3.8, 4) is 0 Å². The molecule has 4 rings (SSSR count). The Morgan fingerprint density at radius 1 is 1.07 bits per heavy atom. The van der Waals surface area contributed by atoms with Crippen LogP contribution in [0.25, 0.3) is 11.0 Å². The molecule has 0 saturated carbocycles. The van der Waals surface area contributed by atoms with E-state index in [0.29, 0.717) is 12.2 Å². The second-order valence-corrected chi connectivity index (χ2v) is 7.68. The maximum absolute atomic E-state index is 12.6. The average molecular weight is 360 g/mol. The molecule has 5 heteroatoms. The minimum atomic E-state index is -0.182. The van der Waals surface area contributed by atoms with E-state index in [9.17, 15) is 4.79 Å². The summed E-state index contributed by atoms with van der Waals surface area (Å²) in [4.78, 5) is 23.8. The maximum Gasteiger partial charge on any atom is 0.271 e. The molecule has 1 amide bonds. The van der Waals surface area contributed by atoms with Crippen LogP contribution in [0, 0.1) is 0 Å². The van der Waals surface area contributed by atoms with Crippen LogP contribution in [0.1, 0.15) is 35.5 Å². The molecular formula is C22H24N4O. The number of hydrogen-bond acceptors (Lipinski definition) is 4. The number of amides is 1. The number of aromatic nitrogens is 2. The van der Waals surface area contributed by atoms with Crippen LogP contribution in [-0.2, 0) is 13.0 Å². The lowest BCUT2D eigenvalue weighted by atomic mass is 9.94. The van der Waals surface area contributed by atoms with E-state index in [1.54, 1.807) is 6.20 Å². The van der Waals surface area contributed by atoms with Crippen molar-refractivity contribution < 1.29 is 4.79 Å². The number of benzene rings is 2. The normalized spacial score (nSPS) is 14.7. The standard InChI is InChI=1S/C22H24N4O/c1-22(2,26-12-11-16-7-3-4-8-17(16)14-26)15-24-21(27)20-13-23-18-9-5-6-10-19(18)25-20/h3-10,13H,11-12,14-15H2,1-2H3,(H,24,27). The van der Waals surface area contributed by atoms with Gasteiger partial charge in [0.25, 0.3) is 5.91 Å². The van der Waals surface area contributed by atoms with Crippen molar-refractivity contribution in [1.82, 2.24) is 20.2 Å². The number of rotatable bonds is 4. The van der Waals surface area contributed by atoms with E-state index in [1.807, 2.05) is 24.3 Å². The summed E-state index contributed by atoms with van der Waals surface area (Å²) in [6.07, 6.45) is 2.59. The topological polar surface area (TPSA) is 58.1 Å². The van der Waals surface area contributed by atoms with Crippen molar-refractivity contribution in [2.45, 2.75) is 32.4 Å². The highest BCUT2D eigenvalue weighted by Gasteiger charge is 2.30. The first-order valence-electron chi connectivity index (χ1n) is 9.35. The highest BCUT2D eigenvalue weighted by Crippen LogP contribution is 2.25. The molecule has 0 atom stereocenters. The summed E-state index contributed by atoms with van der Waals surface area (Å²) in [6.45, 7) is 6.81. The molecule has 0 fully saturated rings. The first-order chi connectivity index (χ1) is 13.0. The number of nitrogens with zero attached hydrogens (tertiary/aromatic N) is 3. The third kappa shape index (κ3) is 3.69. The van der Waals surface area contributed by atoms with Crippen molar-refractivity contribution >= 4 is 16.9 Å². The number of para-hydroxylation sites is 2. The fourth-order valence-corrected chi connectivity index (χ4v) is 3.58. The Kier molecular flexibility index (Phi) is 4.62. The van der Waals surface area contributed by atoms with Crippen LogP contribution >= 0.6 is 0 Å². The summed E-state index contributed by atoms with van der Waals surface area (Å²) < 4.78 is 0. The van der Waals surface area contributed by atoms with Crippen LogP contribution in [0.4, 0.5) is 0 Å². The van der Waals surface area contributed by atoms with Crippen LogP contribution in [0.5, 0.6) is 0 Å². The van der Waals surface area contributed by atoms with Gasteiger partial charge in [0.15, 0.2) is 0 Å². The molecule has 1 N–H and O–H groups in total. The van der Waals surface area contributed by atoms with E-state index in [-0.39, 0.29) is 11.4 Å². The van der Waals surface area contributed by atoms with E-state index < -0.39 is 0 Å². The minimum Gasteiger partial charge on any atom is -0.349 e. The molecule has 5 nitrogen and oxygen atoms in total. The first-order valence-corrected chi connectivity index (χ1v) is 9.35. The minimum absolute atomic E-state index is 0.145. The lowest BCUT2D eigenvalue weighted by Gasteiger charge is -2.41. The smallest absolute Gasteiger partial charge is 0.271 e. The molecule has 1 aromatic heterocycles. The molecule has 1 aliphatic heterocycles. The van der Waals surface area contributed by atoms with Gasteiger partial charge in [0.1, 0.15) is 5.69 Å². The van der Waals surface area contributed by atoms with Crippen molar-refractivity contribution in [1.29, 1.82) is 0 Å². The summed E-state index contributed by atoms with van der Waals surface area (Å²) in [7, 11) is 0. The van der Waals surface area contributed by atoms with Crippen LogP contribution in [0.3, 0.4) is 0 Å². The van der Waals surface area contributed by atoms with Gasteiger partial charge >= 0.3 is 0 Å². The van der Waals surface area contributed by atoms with E-state index in [0.717, 1.165) is 30.5 Å². The van der Waals surface area contributed by atoms with E-state index in [4.69, 9.17) is 0 Å². The lowest BCUT2D eigenvalue weighted by Crippen LogP contribution is -2.53. The summed E-state index contributed by atoms with van der Waals surface area (Å²) in [5.41, 5.74) is 4.54. The van der Waals surface area contributed by atoms with Gasteiger partial charge in [-0.05, 0) is 43.5 Å². The van der Waals surface area contributed by atoms with Gasteiger partial charge in [-0.2, -0.15) is 0 Å². The molecule has 0 saturated heterocycles. The van der Waals surface area contributed by atoms with Gasteiger partial charge in [-0.15, -0.1) is 0 Å². The van der Waals surface area contributed by atoms with E-state index in [1.165, 1.54) is 11.1 Å². The van der Waals surface area contributed by atoms with Crippen LogP contribution in [-0.4, -0.2) is 39.4 Å². The van der Waals surface area contributed by atoms with Gasteiger partial charge < -0.3 is 5.32 Å². The van der Waals surface area contributed by atoms with E-state index >= 15 is 0 Å². The SMILES string of the molecule is CC(C)(CNC(=O)c1cnc2ccccc2n1)N1CCc2ccccc2C1. The predicted molar refractivity (Wildman–Crippen MR) is 107 cm³/mol. The zero-order valence-corrected chi connectivity index (χ0v) is 15.8. The molecular weight excluding hydrogens is 336 g/mol. The van der Waals surface area contributed by atoms with Crippen LogP contribution < -0.4 is 5.32 Å². The zero-order valence-electron chi connectivity index (χ0n) is 15.8. The molecule has 0 bridgehead atoms.